The van der Waals surface area contributed by atoms with Gasteiger partial charge in [0.2, 0.25) is 0 Å². The lowest BCUT2D eigenvalue weighted by Crippen LogP contribution is -2.42. The normalized spacial score (nSPS) is 20.4. The maximum atomic E-state index is 6.34. The van der Waals surface area contributed by atoms with Gasteiger partial charge >= 0.3 is 0 Å². The van der Waals surface area contributed by atoms with E-state index >= 15 is 0 Å². The van der Waals surface area contributed by atoms with Crippen molar-refractivity contribution in [3.05, 3.63) is 29.8 Å². The summed E-state index contributed by atoms with van der Waals surface area (Å²) in [4.78, 5) is 2.51. The van der Waals surface area contributed by atoms with E-state index in [-0.39, 0.29) is 6.04 Å². The lowest BCUT2D eigenvalue weighted by molar-refractivity contribution is 0.165. The standard InChI is InChI=1S/C16H26N2O/c1-4-19-14-8-6-13(7-9-14)15(17)12-18-11-5-10-16(18,2)3/h6-9,15H,4-5,10-12,17H2,1-3H3. The number of hydrogen-bond acceptors (Lipinski definition) is 3. The number of ether oxygens (including phenoxy) is 1. The second kappa shape index (κ2) is 5.93. The van der Waals surface area contributed by atoms with Crippen LogP contribution in [0, 0.1) is 0 Å². The Balaban J connectivity index is 1.97. The highest BCUT2D eigenvalue weighted by Crippen LogP contribution is 2.29. The van der Waals surface area contributed by atoms with Crippen LogP contribution in [-0.4, -0.2) is 30.1 Å². The molecule has 106 valence electrons. The fraction of sp³-hybridized carbons (Fsp3) is 0.625. The molecule has 1 atom stereocenters. The molecule has 0 aliphatic carbocycles. The van der Waals surface area contributed by atoms with Crippen LogP contribution in [0.2, 0.25) is 0 Å². The summed E-state index contributed by atoms with van der Waals surface area (Å²) in [7, 11) is 0. The van der Waals surface area contributed by atoms with Gasteiger partial charge in [0, 0.05) is 18.1 Å². The molecule has 1 aromatic carbocycles. The molecule has 0 amide bonds. The van der Waals surface area contributed by atoms with E-state index in [0.29, 0.717) is 12.1 Å². The van der Waals surface area contributed by atoms with Gasteiger partial charge in [-0.2, -0.15) is 0 Å². The molecule has 0 saturated carbocycles. The summed E-state index contributed by atoms with van der Waals surface area (Å²) in [5.74, 6) is 0.917. The van der Waals surface area contributed by atoms with E-state index in [2.05, 4.69) is 30.9 Å². The number of likely N-dealkylation sites (tertiary alicyclic amines) is 1. The highest BCUT2D eigenvalue weighted by Gasteiger charge is 2.32. The van der Waals surface area contributed by atoms with Crippen molar-refractivity contribution < 1.29 is 4.74 Å². The SMILES string of the molecule is CCOc1ccc(C(N)CN2CCCC2(C)C)cc1. The number of benzene rings is 1. The van der Waals surface area contributed by atoms with Crippen molar-refractivity contribution in [2.75, 3.05) is 19.7 Å². The maximum Gasteiger partial charge on any atom is 0.119 e. The first-order valence-electron chi connectivity index (χ1n) is 7.26. The summed E-state index contributed by atoms with van der Waals surface area (Å²) in [5.41, 5.74) is 7.82. The summed E-state index contributed by atoms with van der Waals surface area (Å²) in [6, 6.07) is 8.26. The average molecular weight is 262 g/mol. The summed E-state index contributed by atoms with van der Waals surface area (Å²) >= 11 is 0. The van der Waals surface area contributed by atoms with E-state index in [4.69, 9.17) is 10.5 Å². The Morgan fingerprint density at radius 2 is 2.00 bits per heavy atom. The molecule has 19 heavy (non-hydrogen) atoms. The van der Waals surface area contributed by atoms with Crippen LogP contribution in [0.1, 0.15) is 45.2 Å². The molecule has 1 heterocycles. The molecule has 1 unspecified atom stereocenters. The van der Waals surface area contributed by atoms with Gasteiger partial charge in [-0.1, -0.05) is 12.1 Å². The van der Waals surface area contributed by atoms with Gasteiger partial charge in [0.15, 0.2) is 0 Å². The van der Waals surface area contributed by atoms with Gasteiger partial charge < -0.3 is 10.5 Å². The molecule has 3 nitrogen and oxygen atoms in total. The molecule has 1 aliphatic rings. The first-order valence-corrected chi connectivity index (χ1v) is 7.26. The lowest BCUT2D eigenvalue weighted by Gasteiger charge is -2.33. The topological polar surface area (TPSA) is 38.5 Å². The molecule has 1 aromatic rings. The minimum Gasteiger partial charge on any atom is -0.494 e. The van der Waals surface area contributed by atoms with E-state index in [1.54, 1.807) is 0 Å². The van der Waals surface area contributed by atoms with E-state index in [1.165, 1.54) is 18.4 Å². The van der Waals surface area contributed by atoms with Crippen LogP contribution in [-0.2, 0) is 0 Å². The van der Waals surface area contributed by atoms with Crippen molar-refractivity contribution in [2.24, 2.45) is 5.73 Å². The Morgan fingerprint density at radius 3 is 2.53 bits per heavy atom. The fourth-order valence-corrected chi connectivity index (χ4v) is 2.82. The molecule has 0 bridgehead atoms. The van der Waals surface area contributed by atoms with Gasteiger partial charge in [0.05, 0.1) is 6.61 Å². The number of nitrogens with two attached hydrogens (primary N) is 1. The zero-order valence-electron chi connectivity index (χ0n) is 12.4. The Bertz CT molecular complexity index is 400. The van der Waals surface area contributed by atoms with Crippen LogP contribution >= 0.6 is 0 Å². The van der Waals surface area contributed by atoms with Crippen molar-refractivity contribution in [3.8, 4) is 5.75 Å². The molecular formula is C16H26N2O. The molecule has 2 rings (SSSR count). The second-order valence-electron chi connectivity index (χ2n) is 5.97. The average Bonchev–Trinajstić information content (AvgIpc) is 2.70. The van der Waals surface area contributed by atoms with Crippen LogP contribution < -0.4 is 10.5 Å². The zero-order valence-corrected chi connectivity index (χ0v) is 12.4. The first-order chi connectivity index (χ1) is 9.03. The van der Waals surface area contributed by atoms with Crippen molar-refractivity contribution in [1.29, 1.82) is 0 Å². The van der Waals surface area contributed by atoms with E-state index < -0.39 is 0 Å². The smallest absolute Gasteiger partial charge is 0.119 e. The van der Waals surface area contributed by atoms with Crippen molar-refractivity contribution in [1.82, 2.24) is 4.90 Å². The Kier molecular flexibility index (Phi) is 4.48. The fourth-order valence-electron chi connectivity index (χ4n) is 2.82. The zero-order chi connectivity index (χ0) is 13.9. The molecule has 2 N–H and O–H groups in total. The molecule has 0 radical (unpaired) electrons. The van der Waals surface area contributed by atoms with E-state index in [9.17, 15) is 0 Å². The first kappa shape index (κ1) is 14.4. The molecule has 1 aliphatic heterocycles. The number of hydrogen-bond donors (Lipinski definition) is 1. The third-order valence-corrected chi connectivity index (χ3v) is 4.11. The monoisotopic (exact) mass is 262 g/mol. The predicted octanol–water partition coefficient (Wildman–Crippen LogP) is 2.96. The van der Waals surface area contributed by atoms with Crippen molar-refractivity contribution in [2.45, 2.75) is 45.2 Å². The third kappa shape index (κ3) is 3.48. The largest absolute Gasteiger partial charge is 0.494 e. The van der Waals surface area contributed by atoms with Crippen molar-refractivity contribution >= 4 is 0 Å². The quantitative estimate of drug-likeness (QED) is 0.886. The predicted molar refractivity (Wildman–Crippen MR) is 79.4 cm³/mol. The molecule has 1 saturated heterocycles. The Hall–Kier alpha value is -1.06. The highest BCUT2D eigenvalue weighted by atomic mass is 16.5. The summed E-state index contributed by atoms with van der Waals surface area (Å²) < 4.78 is 5.46. The minimum atomic E-state index is 0.0769. The van der Waals surface area contributed by atoms with Crippen molar-refractivity contribution in [3.63, 3.8) is 0 Å². The summed E-state index contributed by atoms with van der Waals surface area (Å²) in [6.07, 6.45) is 2.55. The van der Waals surface area contributed by atoms with Crippen LogP contribution in [0.5, 0.6) is 5.75 Å². The molecule has 0 spiro atoms. The summed E-state index contributed by atoms with van der Waals surface area (Å²) in [6.45, 7) is 9.41. The third-order valence-electron chi connectivity index (χ3n) is 4.11. The van der Waals surface area contributed by atoms with Crippen LogP contribution in [0.25, 0.3) is 0 Å². The van der Waals surface area contributed by atoms with E-state index in [1.807, 2.05) is 19.1 Å². The second-order valence-corrected chi connectivity index (χ2v) is 5.97. The van der Waals surface area contributed by atoms with Gasteiger partial charge in [-0.05, 0) is 57.9 Å². The van der Waals surface area contributed by atoms with Crippen LogP contribution in [0.15, 0.2) is 24.3 Å². The van der Waals surface area contributed by atoms with E-state index in [0.717, 1.165) is 18.8 Å². The van der Waals surface area contributed by atoms with Gasteiger partial charge in [-0.3, -0.25) is 4.90 Å². The molecular weight excluding hydrogens is 236 g/mol. The van der Waals surface area contributed by atoms with Gasteiger partial charge in [0.25, 0.3) is 0 Å². The molecule has 0 aromatic heterocycles. The number of rotatable bonds is 5. The van der Waals surface area contributed by atoms with Crippen LogP contribution in [0.4, 0.5) is 0 Å². The van der Waals surface area contributed by atoms with Gasteiger partial charge in [0.1, 0.15) is 5.75 Å². The Morgan fingerprint density at radius 1 is 1.32 bits per heavy atom. The summed E-state index contributed by atoms with van der Waals surface area (Å²) in [5, 5.41) is 0. The minimum absolute atomic E-state index is 0.0769. The molecule has 3 heteroatoms. The van der Waals surface area contributed by atoms with Gasteiger partial charge in [-0.15, -0.1) is 0 Å². The maximum absolute atomic E-state index is 6.34. The van der Waals surface area contributed by atoms with Gasteiger partial charge in [-0.25, -0.2) is 0 Å². The highest BCUT2D eigenvalue weighted by molar-refractivity contribution is 5.29. The van der Waals surface area contributed by atoms with Crippen LogP contribution in [0.3, 0.4) is 0 Å². The molecule has 1 fully saturated rings. The lowest BCUT2D eigenvalue weighted by atomic mass is 10.0. The Labute approximate surface area is 116 Å². The number of nitrogens with zero attached hydrogens (tertiary/aromatic N) is 1.